The second-order valence-electron chi connectivity index (χ2n) is 7.39. The van der Waals surface area contributed by atoms with Crippen molar-refractivity contribution in [2.45, 2.75) is 24.6 Å². The van der Waals surface area contributed by atoms with Gasteiger partial charge in [-0.3, -0.25) is 4.79 Å². The molecule has 10 heteroatoms. The van der Waals surface area contributed by atoms with Gasteiger partial charge in [0.1, 0.15) is 0 Å². The Morgan fingerprint density at radius 1 is 1.19 bits per heavy atom. The smallest absolute Gasteiger partial charge is 0.416 e. The molecule has 0 radical (unpaired) electrons. The Kier molecular flexibility index (Phi) is 6.85. The molecular weight excluding hydrogens is 501 g/mol. The number of likely N-dealkylation sites (N-methyl/N-ethyl adjacent to an activating group) is 1. The van der Waals surface area contributed by atoms with Gasteiger partial charge in [0.2, 0.25) is 0 Å². The summed E-state index contributed by atoms with van der Waals surface area (Å²) in [6, 6.07) is 9.58. The van der Waals surface area contributed by atoms with Crippen molar-refractivity contribution < 1.29 is 27.9 Å². The summed E-state index contributed by atoms with van der Waals surface area (Å²) in [5, 5.41) is 9.93. The second kappa shape index (κ2) is 9.08. The fourth-order valence-electron chi connectivity index (χ4n) is 3.85. The summed E-state index contributed by atoms with van der Waals surface area (Å²) in [7, 11) is 1.53. The number of alkyl halides is 3. The maximum absolute atomic E-state index is 13.2. The van der Waals surface area contributed by atoms with Crippen LogP contribution in [0, 0.1) is 0 Å². The summed E-state index contributed by atoms with van der Waals surface area (Å²) in [4.78, 5) is 27.3. The van der Waals surface area contributed by atoms with E-state index < -0.39 is 29.8 Å². The number of piperidine rings is 1. The van der Waals surface area contributed by atoms with Crippen LogP contribution in [0.2, 0.25) is 5.02 Å². The lowest BCUT2D eigenvalue weighted by atomic mass is 9.85. The van der Waals surface area contributed by atoms with Gasteiger partial charge in [-0.05, 0) is 42.3 Å². The van der Waals surface area contributed by atoms with Crippen LogP contribution >= 0.6 is 27.5 Å². The lowest BCUT2D eigenvalue weighted by Crippen LogP contribution is -2.51. The number of hydrogen-bond donors (Lipinski definition) is 1. The third kappa shape index (κ3) is 5.33. The van der Waals surface area contributed by atoms with Gasteiger partial charge in [-0.2, -0.15) is 13.2 Å². The number of hydrogen-bond acceptors (Lipinski definition) is 2. The minimum absolute atomic E-state index is 0.0975. The molecule has 2 aromatic carbocycles. The summed E-state index contributed by atoms with van der Waals surface area (Å²) in [5.74, 6) is -0.926. The maximum atomic E-state index is 13.2. The van der Waals surface area contributed by atoms with Crippen LogP contribution in [0.5, 0.6) is 0 Å². The molecule has 2 amide bonds. The van der Waals surface area contributed by atoms with Gasteiger partial charge in [0, 0.05) is 47.2 Å². The summed E-state index contributed by atoms with van der Waals surface area (Å²) >= 11 is 9.00. The zero-order valence-corrected chi connectivity index (χ0v) is 18.7. The predicted molar refractivity (Wildman–Crippen MR) is 113 cm³/mol. The van der Waals surface area contributed by atoms with Crippen LogP contribution in [0.1, 0.15) is 33.8 Å². The molecule has 0 unspecified atom stereocenters. The van der Waals surface area contributed by atoms with Gasteiger partial charge in [0.15, 0.2) is 0 Å². The Hall–Kier alpha value is -2.26. The molecular formula is C21H19BrClF3N2O3. The molecule has 31 heavy (non-hydrogen) atoms. The first kappa shape index (κ1) is 23.4. The molecule has 1 aliphatic rings. The third-order valence-electron chi connectivity index (χ3n) is 5.43. The molecule has 0 saturated carbocycles. The van der Waals surface area contributed by atoms with Gasteiger partial charge < -0.3 is 14.9 Å². The highest BCUT2D eigenvalue weighted by Gasteiger charge is 2.37. The molecule has 1 heterocycles. The maximum Gasteiger partial charge on any atom is 0.416 e. The number of carbonyl (C=O) groups excluding carboxylic acids is 1. The van der Waals surface area contributed by atoms with Crippen LogP contribution in [0.15, 0.2) is 46.9 Å². The van der Waals surface area contributed by atoms with Gasteiger partial charge in [0.25, 0.3) is 5.91 Å². The molecule has 5 nitrogen and oxygen atoms in total. The first-order valence-corrected chi connectivity index (χ1v) is 10.5. The highest BCUT2D eigenvalue weighted by atomic mass is 79.9. The molecule has 0 bridgehead atoms. The molecule has 1 aliphatic heterocycles. The zero-order valence-electron chi connectivity index (χ0n) is 16.4. The third-order valence-corrected chi connectivity index (χ3v) is 6.14. The minimum Gasteiger partial charge on any atom is -0.465 e. The average molecular weight is 520 g/mol. The van der Waals surface area contributed by atoms with E-state index in [2.05, 4.69) is 15.9 Å². The Morgan fingerprint density at radius 3 is 2.42 bits per heavy atom. The Bertz CT molecular complexity index is 985. The van der Waals surface area contributed by atoms with Crippen LogP contribution in [-0.2, 0) is 6.18 Å². The number of rotatable bonds is 3. The van der Waals surface area contributed by atoms with E-state index in [-0.39, 0.29) is 29.0 Å². The molecule has 0 aromatic heterocycles. The van der Waals surface area contributed by atoms with Crippen molar-refractivity contribution in [3.63, 3.8) is 0 Å². The van der Waals surface area contributed by atoms with E-state index >= 15 is 0 Å². The molecule has 166 valence electrons. The number of halogens is 5. The number of nitrogens with zero attached hydrogens (tertiary/aromatic N) is 2. The molecule has 1 fully saturated rings. The molecule has 1 N–H and O–H groups in total. The van der Waals surface area contributed by atoms with Crippen LogP contribution in [0.3, 0.4) is 0 Å². The number of amides is 2. The molecule has 0 spiro atoms. The predicted octanol–water partition coefficient (Wildman–Crippen LogP) is 5.73. The minimum atomic E-state index is -4.59. The highest BCUT2D eigenvalue weighted by Crippen LogP contribution is 2.34. The summed E-state index contributed by atoms with van der Waals surface area (Å²) in [6.45, 7) is 0.375. The Morgan fingerprint density at radius 2 is 1.84 bits per heavy atom. The van der Waals surface area contributed by atoms with Crippen LogP contribution in [0.4, 0.5) is 18.0 Å². The van der Waals surface area contributed by atoms with Crippen LogP contribution < -0.4 is 0 Å². The summed E-state index contributed by atoms with van der Waals surface area (Å²) < 4.78 is 39.7. The lowest BCUT2D eigenvalue weighted by Gasteiger charge is -2.42. The van der Waals surface area contributed by atoms with Gasteiger partial charge in [-0.25, -0.2) is 4.79 Å². The van der Waals surface area contributed by atoms with Gasteiger partial charge in [0.05, 0.1) is 5.56 Å². The van der Waals surface area contributed by atoms with Crippen molar-refractivity contribution in [1.82, 2.24) is 9.80 Å². The molecule has 2 atom stereocenters. The molecule has 2 aromatic rings. The standard InChI is InChI=1S/C21H19BrClF3N2O3/c1-27(19(29)13-8-14(21(24,25)26)10-15(22)9-13)18-6-7-28(20(30)31)11-17(18)12-2-4-16(23)5-3-12/h2-5,8-10,17-18H,6-7,11H2,1H3,(H,30,31)/t17-,18+/m0/s1. The monoisotopic (exact) mass is 518 g/mol. The van der Waals surface area contributed by atoms with E-state index in [1.165, 1.54) is 22.9 Å². The fraction of sp³-hybridized carbons (Fsp3) is 0.333. The normalized spacial score (nSPS) is 19.2. The molecule has 3 rings (SSSR count). The zero-order chi connectivity index (χ0) is 22.9. The van der Waals surface area contributed by atoms with Crippen LogP contribution in [-0.4, -0.2) is 53.1 Å². The second-order valence-corrected chi connectivity index (χ2v) is 8.74. The number of likely N-dealkylation sites (tertiary alicyclic amines) is 1. The molecule has 1 saturated heterocycles. The number of carbonyl (C=O) groups is 2. The molecule has 0 aliphatic carbocycles. The largest absolute Gasteiger partial charge is 0.465 e. The van der Waals surface area contributed by atoms with E-state index in [1.807, 2.05) is 0 Å². The lowest BCUT2D eigenvalue weighted by molar-refractivity contribution is -0.137. The first-order chi connectivity index (χ1) is 14.5. The van der Waals surface area contributed by atoms with E-state index in [4.69, 9.17) is 11.6 Å². The van der Waals surface area contributed by atoms with Crippen molar-refractivity contribution >= 4 is 39.5 Å². The highest BCUT2D eigenvalue weighted by molar-refractivity contribution is 9.10. The quantitative estimate of drug-likeness (QED) is 0.563. The van der Waals surface area contributed by atoms with Crippen molar-refractivity contribution in [2.24, 2.45) is 0 Å². The SMILES string of the molecule is CN(C(=O)c1cc(Br)cc(C(F)(F)F)c1)[C@@H]1CCN(C(=O)O)C[C@H]1c1ccc(Cl)cc1. The van der Waals surface area contributed by atoms with Crippen molar-refractivity contribution in [1.29, 1.82) is 0 Å². The first-order valence-electron chi connectivity index (χ1n) is 9.35. The number of benzene rings is 2. The topological polar surface area (TPSA) is 60.9 Å². The van der Waals surface area contributed by atoms with E-state index in [0.717, 1.165) is 17.7 Å². The van der Waals surface area contributed by atoms with Gasteiger partial charge in [-0.15, -0.1) is 0 Å². The average Bonchev–Trinajstić information content (AvgIpc) is 2.71. The van der Waals surface area contributed by atoms with Crippen molar-refractivity contribution in [3.05, 3.63) is 68.7 Å². The van der Waals surface area contributed by atoms with Crippen molar-refractivity contribution in [2.75, 3.05) is 20.1 Å². The van der Waals surface area contributed by atoms with Gasteiger partial charge >= 0.3 is 12.3 Å². The van der Waals surface area contributed by atoms with E-state index in [1.54, 1.807) is 24.3 Å². The van der Waals surface area contributed by atoms with E-state index in [9.17, 15) is 27.9 Å². The fourth-order valence-corrected chi connectivity index (χ4v) is 4.46. The van der Waals surface area contributed by atoms with Gasteiger partial charge in [-0.1, -0.05) is 39.7 Å². The van der Waals surface area contributed by atoms with Crippen LogP contribution in [0.25, 0.3) is 0 Å². The Balaban J connectivity index is 1.93. The Labute approximate surface area is 190 Å². The summed E-state index contributed by atoms with van der Waals surface area (Å²) in [5.41, 5.74) is -0.224. The van der Waals surface area contributed by atoms with E-state index in [0.29, 0.717) is 11.4 Å². The number of carboxylic acid groups (broad SMARTS) is 1. The van der Waals surface area contributed by atoms with Crippen molar-refractivity contribution in [3.8, 4) is 0 Å². The summed E-state index contributed by atoms with van der Waals surface area (Å²) in [6.07, 6.45) is -5.30.